The van der Waals surface area contributed by atoms with Crippen molar-refractivity contribution in [3.8, 4) is 11.6 Å². The predicted octanol–water partition coefficient (Wildman–Crippen LogP) is 3.46. The van der Waals surface area contributed by atoms with Crippen LogP contribution in [0, 0.1) is 6.92 Å². The molecule has 2 aromatic heterocycles. The number of rotatable bonds is 7. The number of ether oxygens (including phenoxy) is 1. The Morgan fingerprint density at radius 2 is 2.03 bits per heavy atom. The SMILES string of the molecule is CCNC(=NCc1ccnc(-n2ccnc2)c1)NCc1ccc(C)cc1OC.I. The first-order valence-electron chi connectivity index (χ1n) is 9.28. The molecule has 3 aromatic rings. The summed E-state index contributed by atoms with van der Waals surface area (Å²) in [5.74, 6) is 2.46. The van der Waals surface area contributed by atoms with Gasteiger partial charge in [0.15, 0.2) is 5.96 Å². The minimum absolute atomic E-state index is 0. The number of aromatic nitrogens is 3. The minimum atomic E-state index is 0. The van der Waals surface area contributed by atoms with Gasteiger partial charge in [0.05, 0.1) is 13.7 Å². The van der Waals surface area contributed by atoms with Crippen LogP contribution < -0.4 is 15.4 Å². The quantitative estimate of drug-likeness (QED) is 0.292. The lowest BCUT2D eigenvalue weighted by Gasteiger charge is -2.14. The number of hydrogen-bond donors (Lipinski definition) is 2. The molecule has 2 heterocycles. The van der Waals surface area contributed by atoms with Gasteiger partial charge in [-0.25, -0.2) is 15.0 Å². The molecule has 1 aromatic carbocycles. The highest BCUT2D eigenvalue weighted by Gasteiger charge is 2.05. The molecular formula is C21H27IN6O. The van der Waals surface area contributed by atoms with Crippen molar-refractivity contribution >= 4 is 29.9 Å². The van der Waals surface area contributed by atoms with Gasteiger partial charge in [-0.2, -0.15) is 0 Å². The molecule has 0 atom stereocenters. The van der Waals surface area contributed by atoms with Crippen LogP contribution in [0.2, 0.25) is 0 Å². The maximum atomic E-state index is 5.48. The second-order valence-electron chi connectivity index (χ2n) is 6.36. The second kappa shape index (κ2) is 11.4. The van der Waals surface area contributed by atoms with Crippen molar-refractivity contribution in [2.45, 2.75) is 26.9 Å². The normalized spacial score (nSPS) is 10.9. The van der Waals surface area contributed by atoms with Crippen LogP contribution in [0.25, 0.3) is 5.82 Å². The lowest BCUT2D eigenvalue weighted by Crippen LogP contribution is -2.36. The molecule has 0 amide bonds. The summed E-state index contributed by atoms with van der Waals surface area (Å²) >= 11 is 0. The summed E-state index contributed by atoms with van der Waals surface area (Å²) in [5, 5.41) is 6.65. The Balaban J connectivity index is 0.00000300. The van der Waals surface area contributed by atoms with Gasteiger partial charge in [0.1, 0.15) is 17.9 Å². The number of aliphatic imine (C=N–C) groups is 1. The number of pyridine rings is 1. The van der Waals surface area contributed by atoms with E-state index in [4.69, 9.17) is 9.73 Å². The van der Waals surface area contributed by atoms with Crippen molar-refractivity contribution in [1.82, 2.24) is 25.2 Å². The van der Waals surface area contributed by atoms with Crippen LogP contribution in [0.4, 0.5) is 0 Å². The summed E-state index contributed by atoms with van der Waals surface area (Å²) in [4.78, 5) is 13.1. The minimum Gasteiger partial charge on any atom is -0.496 e. The van der Waals surface area contributed by atoms with Crippen molar-refractivity contribution in [3.63, 3.8) is 0 Å². The first kappa shape index (κ1) is 22.7. The average Bonchev–Trinajstić information content (AvgIpc) is 3.26. The average molecular weight is 506 g/mol. The molecule has 29 heavy (non-hydrogen) atoms. The molecule has 0 saturated heterocycles. The Hall–Kier alpha value is -2.62. The van der Waals surface area contributed by atoms with E-state index in [9.17, 15) is 0 Å². The van der Waals surface area contributed by atoms with Gasteiger partial charge < -0.3 is 15.4 Å². The van der Waals surface area contributed by atoms with Crippen molar-refractivity contribution in [2.24, 2.45) is 4.99 Å². The first-order chi connectivity index (χ1) is 13.7. The van der Waals surface area contributed by atoms with Crippen LogP contribution >= 0.6 is 24.0 Å². The third-order valence-electron chi connectivity index (χ3n) is 4.23. The number of aryl methyl sites for hydroxylation is 1. The Bertz CT molecular complexity index is 927. The van der Waals surface area contributed by atoms with Crippen LogP contribution in [0.3, 0.4) is 0 Å². The molecule has 3 rings (SSSR count). The van der Waals surface area contributed by atoms with Gasteiger partial charge in [-0.05, 0) is 43.2 Å². The Kier molecular flexibility index (Phi) is 8.91. The van der Waals surface area contributed by atoms with Crippen molar-refractivity contribution < 1.29 is 4.74 Å². The third-order valence-corrected chi connectivity index (χ3v) is 4.23. The Morgan fingerprint density at radius 3 is 2.76 bits per heavy atom. The van der Waals surface area contributed by atoms with Crippen molar-refractivity contribution in [1.29, 1.82) is 0 Å². The number of benzene rings is 1. The number of methoxy groups -OCH3 is 1. The molecule has 0 fully saturated rings. The molecule has 7 nitrogen and oxygen atoms in total. The van der Waals surface area contributed by atoms with Gasteiger partial charge in [0, 0.05) is 37.2 Å². The Morgan fingerprint density at radius 1 is 1.17 bits per heavy atom. The zero-order valence-corrected chi connectivity index (χ0v) is 19.3. The van der Waals surface area contributed by atoms with E-state index in [1.54, 1.807) is 25.8 Å². The molecule has 0 unspecified atom stereocenters. The van der Waals surface area contributed by atoms with Crippen molar-refractivity contribution in [2.75, 3.05) is 13.7 Å². The van der Waals surface area contributed by atoms with Gasteiger partial charge in [-0.15, -0.1) is 24.0 Å². The number of imidazole rings is 1. The van der Waals surface area contributed by atoms with Crippen molar-refractivity contribution in [3.05, 3.63) is 71.9 Å². The number of halogens is 1. The van der Waals surface area contributed by atoms with E-state index in [0.717, 1.165) is 35.2 Å². The van der Waals surface area contributed by atoms with Gasteiger partial charge in [-0.1, -0.05) is 12.1 Å². The zero-order valence-electron chi connectivity index (χ0n) is 16.9. The molecule has 0 aliphatic rings. The predicted molar refractivity (Wildman–Crippen MR) is 126 cm³/mol. The lowest BCUT2D eigenvalue weighted by atomic mass is 10.1. The molecule has 2 N–H and O–H groups in total. The molecule has 0 aliphatic carbocycles. The van der Waals surface area contributed by atoms with Crippen LogP contribution in [0.15, 0.2) is 60.2 Å². The van der Waals surface area contributed by atoms with Gasteiger partial charge >= 0.3 is 0 Å². The largest absolute Gasteiger partial charge is 0.496 e. The van der Waals surface area contributed by atoms with E-state index in [-0.39, 0.29) is 24.0 Å². The maximum Gasteiger partial charge on any atom is 0.191 e. The standard InChI is InChI=1S/C21H26N6O.HI/c1-4-23-21(26-14-18-6-5-16(2)11-19(18)28-3)25-13-17-7-8-24-20(12-17)27-10-9-22-15-27;/h5-12,15H,4,13-14H2,1-3H3,(H2,23,25,26);1H. The molecule has 0 radical (unpaired) electrons. The number of hydrogen-bond acceptors (Lipinski definition) is 4. The van der Waals surface area contributed by atoms with E-state index in [1.165, 1.54) is 5.56 Å². The molecule has 8 heteroatoms. The van der Waals surface area contributed by atoms with Gasteiger partial charge in [0.2, 0.25) is 0 Å². The van der Waals surface area contributed by atoms with Crippen LogP contribution in [-0.2, 0) is 13.1 Å². The van der Waals surface area contributed by atoms with Crippen LogP contribution in [-0.4, -0.2) is 34.1 Å². The van der Waals surface area contributed by atoms with Crippen LogP contribution in [0.5, 0.6) is 5.75 Å². The fourth-order valence-corrected chi connectivity index (χ4v) is 2.78. The lowest BCUT2D eigenvalue weighted by molar-refractivity contribution is 0.408. The fourth-order valence-electron chi connectivity index (χ4n) is 2.78. The third kappa shape index (κ3) is 6.45. The monoisotopic (exact) mass is 506 g/mol. The van der Waals surface area contributed by atoms with Crippen LogP contribution in [0.1, 0.15) is 23.6 Å². The summed E-state index contributed by atoms with van der Waals surface area (Å²) in [6.07, 6.45) is 7.13. The highest BCUT2D eigenvalue weighted by atomic mass is 127. The van der Waals surface area contributed by atoms with Gasteiger partial charge in [-0.3, -0.25) is 4.57 Å². The summed E-state index contributed by atoms with van der Waals surface area (Å²) in [6, 6.07) is 10.2. The summed E-state index contributed by atoms with van der Waals surface area (Å²) in [6.45, 7) is 6.06. The fraction of sp³-hybridized carbons (Fsp3) is 0.286. The molecule has 0 bridgehead atoms. The topological polar surface area (TPSA) is 76.4 Å². The number of guanidine groups is 1. The smallest absolute Gasteiger partial charge is 0.191 e. The second-order valence-corrected chi connectivity index (χ2v) is 6.36. The van der Waals surface area contributed by atoms with E-state index in [2.05, 4.69) is 39.7 Å². The van der Waals surface area contributed by atoms with E-state index in [1.807, 2.05) is 35.9 Å². The van der Waals surface area contributed by atoms with E-state index in [0.29, 0.717) is 13.1 Å². The summed E-state index contributed by atoms with van der Waals surface area (Å²) in [7, 11) is 1.69. The zero-order chi connectivity index (χ0) is 19.8. The maximum absolute atomic E-state index is 5.48. The molecule has 0 saturated carbocycles. The molecule has 0 spiro atoms. The highest BCUT2D eigenvalue weighted by molar-refractivity contribution is 14.0. The molecule has 154 valence electrons. The molecule has 0 aliphatic heterocycles. The Labute approximate surface area is 188 Å². The van der Waals surface area contributed by atoms with Gasteiger partial charge in [0.25, 0.3) is 0 Å². The number of nitrogens with one attached hydrogen (secondary N) is 2. The number of nitrogens with zero attached hydrogens (tertiary/aromatic N) is 4. The summed E-state index contributed by atoms with van der Waals surface area (Å²) in [5.41, 5.74) is 3.33. The molecular weight excluding hydrogens is 479 g/mol. The van der Waals surface area contributed by atoms with E-state index >= 15 is 0 Å². The van der Waals surface area contributed by atoms with E-state index < -0.39 is 0 Å². The summed E-state index contributed by atoms with van der Waals surface area (Å²) < 4.78 is 7.36. The first-order valence-corrected chi connectivity index (χ1v) is 9.28. The highest BCUT2D eigenvalue weighted by Crippen LogP contribution is 2.19.